The van der Waals surface area contributed by atoms with E-state index >= 15 is 0 Å². The molecule has 0 fully saturated rings. The molecule has 1 amide bonds. The van der Waals surface area contributed by atoms with Crippen molar-refractivity contribution in [3.8, 4) is 0 Å². The van der Waals surface area contributed by atoms with E-state index in [2.05, 4.69) is 17.6 Å². The summed E-state index contributed by atoms with van der Waals surface area (Å²) in [5.41, 5.74) is 0.587. The maximum Gasteiger partial charge on any atom is 0.228 e. The van der Waals surface area contributed by atoms with E-state index in [1.807, 2.05) is 0 Å². The van der Waals surface area contributed by atoms with Crippen LogP contribution in [0, 0.1) is 0 Å². The molecular weight excluding hydrogens is 413 g/mol. The quantitative estimate of drug-likeness (QED) is 0.262. The third-order valence-corrected chi connectivity index (χ3v) is 4.76. The standard InChI is InChI=1S/C16H21Cl5N2O/c1-2-3-4-5-6-7-14(24)23-15(16(19,20)21)22-11-8-9-12(17)13(18)10-11/h8-10,15,22H,2-7H2,1H3,(H,23,24). The van der Waals surface area contributed by atoms with Crippen LogP contribution in [0.3, 0.4) is 0 Å². The Hall–Kier alpha value is -0.0600. The van der Waals surface area contributed by atoms with E-state index in [4.69, 9.17) is 58.0 Å². The largest absolute Gasteiger partial charge is 0.362 e. The molecule has 1 aromatic rings. The van der Waals surface area contributed by atoms with Crippen LogP contribution in [-0.4, -0.2) is 15.9 Å². The molecule has 8 heteroatoms. The minimum absolute atomic E-state index is 0.171. The number of benzene rings is 1. The summed E-state index contributed by atoms with van der Waals surface area (Å²) < 4.78 is -1.72. The first-order valence-electron chi connectivity index (χ1n) is 7.81. The highest BCUT2D eigenvalue weighted by Crippen LogP contribution is 2.32. The summed E-state index contributed by atoms with van der Waals surface area (Å²) in [5, 5.41) is 6.45. The lowest BCUT2D eigenvalue weighted by Crippen LogP contribution is -2.49. The average Bonchev–Trinajstić information content (AvgIpc) is 2.49. The molecule has 0 saturated carbocycles. The molecule has 0 bridgehead atoms. The van der Waals surface area contributed by atoms with Gasteiger partial charge in [-0.25, -0.2) is 0 Å². The molecule has 0 aliphatic rings. The Bertz CT molecular complexity index is 534. The van der Waals surface area contributed by atoms with Crippen LogP contribution in [-0.2, 0) is 4.79 Å². The molecule has 0 spiro atoms. The molecule has 24 heavy (non-hydrogen) atoms. The van der Waals surface area contributed by atoms with Crippen LogP contribution >= 0.6 is 58.0 Å². The van der Waals surface area contributed by atoms with Gasteiger partial charge < -0.3 is 10.6 Å². The Morgan fingerprint density at radius 3 is 2.33 bits per heavy atom. The first-order chi connectivity index (χ1) is 11.2. The van der Waals surface area contributed by atoms with Crippen molar-refractivity contribution < 1.29 is 4.79 Å². The molecular formula is C16H21Cl5N2O. The Morgan fingerprint density at radius 2 is 1.75 bits per heavy atom. The van der Waals surface area contributed by atoms with Gasteiger partial charge >= 0.3 is 0 Å². The number of nitrogens with one attached hydrogen (secondary N) is 2. The van der Waals surface area contributed by atoms with E-state index in [1.54, 1.807) is 18.2 Å². The summed E-state index contributed by atoms with van der Waals surface area (Å²) in [7, 11) is 0. The monoisotopic (exact) mass is 432 g/mol. The van der Waals surface area contributed by atoms with E-state index in [1.165, 1.54) is 6.42 Å². The third kappa shape index (κ3) is 8.35. The normalized spacial score (nSPS) is 12.8. The second-order valence-electron chi connectivity index (χ2n) is 5.48. The number of carbonyl (C=O) groups is 1. The Labute approximate surface area is 168 Å². The van der Waals surface area contributed by atoms with Gasteiger partial charge in [0.2, 0.25) is 9.70 Å². The van der Waals surface area contributed by atoms with Crippen LogP contribution in [0.5, 0.6) is 0 Å². The Kier molecular flexibility index (Phi) is 9.91. The molecule has 3 nitrogen and oxygen atoms in total. The molecule has 1 rings (SSSR count). The summed E-state index contributed by atoms with van der Waals surface area (Å²) in [4.78, 5) is 12.1. The van der Waals surface area contributed by atoms with Crippen molar-refractivity contribution in [1.29, 1.82) is 0 Å². The summed E-state index contributed by atoms with van der Waals surface area (Å²) in [6.45, 7) is 2.15. The molecule has 1 unspecified atom stereocenters. The summed E-state index contributed by atoms with van der Waals surface area (Å²) in [6, 6.07) is 4.91. The number of hydrogen-bond donors (Lipinski definition) is 2. The number of halogens is 5. The fourth-order valence-electron chi connectivity index (χ4n) is 2.07. The van der Waals surface area contributed by atoms with Crippen LogP contribution < -0.4 is 10.6 Å². The Balaban J connectivity index is 2.59. The molecule has 1 atom stereocenters. The lowest BCUT2D eigenvalue weighted by molar-refractivity contribution is -0.121. The molecule has 0 aliphatic heterocycles. The van der Waals surface area contributed by atoms with Gasteiger partial charge in [0.1, 0.15) is 6.17 Å². The predicted octanol–water partition coefficient (Wildman–Crippen LogP) is 6.58. The first kappa shape index (κ1) is 22.0. The first-order valence-corrected chi connectivity index (χ1v) is 9.70. The van der Waals surface area contributed by atoms with Gasteiger partial charge in [-0.3, -0.25) is 4.79 Å². The molecule has 0 saturated heterocycles. The molecule has 136 valence electrons. The van der Waals surface area contributed by atoms with E-state index in [-0.39, 0.29) is 5.91 Å². The highest BCUT2D eigenvalue weighted by molar-refractivity contribution is 6.68. The molecule has 0 aromatic heterocycles. The molecule has 2 N–H and O–H groups in total. The van der Waals surface area contributed by atoms with E-state index in [0.29, 0.717) is 22.2 Å². The van der Waals surface area contributed by atoms with Crippen molar-refractivity contribution >= 4 is 69.6 Å². The summed E-state index contributed by atoms with van der Waals surface area (Å²) >= 11 is 29.7. The molecule has 1 aromatic carbocycles. The highest BCUT2D eigenvalue weighted by atomic mass is 35.6. The van der Waals surface area contributed by atoms with Gasteiger partial charge in [0.15, 0.2) is 0 Å². The smallest absolute Gasteiger partial charge is 0.228 e. The van der Waals surface area contributed by atoms with E-state index < -0.39 is 9.96 Å². The van der Waals surface area contributed by atoms with Gasteiger partial charge in [-0.1, -0.05) is 90.6 Å². The number of rotatable bonds is 9. The topological polar surface area (TPSA) is 41.1 Å². The number of anilines is 1. The second-order valence-corrected chi connectivity index (χ2v) is 8.66. The molecule has 0 radical (unpaired) electrons. The van der Waals surface area contributed by atoms with Crippen LogP contribution in [0.25, 0.3) is 0 Å². The van der Waals surface area contributed by atoms with Gasteiger partial charge in [-0.15, -0.1) is 0 Å². The number of alkyl halides is 3. The maximum absolute atomic E-state index is 12.1. The second kappa shape index (κ2) is 10.8. The number of unbranched alkanes of at least 4 members (excludes halogenated alkanes) is 4. The number of amides is 1. The van der Waals surface area contributed by atoms with Crippen LogP contribution in [0.4, 0.5) is 5.69 Å². The highest BCUT2D eigenvalue weighted by Gasteiger charge is 2.34. The number of hydrogen-bond acceptors (Lipinski definition) is 2. The zero-order valence-corrected chi connectivity index (χ0v) is 17.1. The van der Waals surface area contributed by atoms with Crippen LogP contribution in [0.2, 0.25) is 10.0 Å². The minimum Gasteiger partial charge on any atom is -0.362 e. The van der Waals surface area contributed by atoms with Crippen molar-refractivity contribution in [3.63, 3.8) is 0 Å². The van der Waals surface area contributed by atoms with E-state index in [9.17, 15) is 4.79 Å². The fourth-order valence-corrected chi connectivity index (χ4v) is 2.70. The summed E-state index contributed by atoms with van der Waals surface area (Å²) in [6.07, 6.45) is 4.80. The zero-order chi connectivity index (χ0) is 18.2. The maximum atomic E-state index is 12.1. The lowest BCUT2D eigenvalue weighted by atomic mass is 10.1. The van der Waals surface area contributed by atoms with Crippen LogP contribution in [0.1, 0.15) is 45.4 Å². The predicted molar refractivity (Wildman–Crippen MR) is 106 cm³/mol. The van der Waals surface area contributed by atoms with Crippen molar-refractivity contribution in [1.82, 2.24) is 5.32 Å². The Morgan fingerprint density at radius 1 is 1.08 bits per heavy atom. The molecule has 0 aliphatic carbocycles. The van der Waals surface area contributed by atoms with E-state index in [0.717, 1.165) is 25.7 Å². The van der Waals surface area contributed by atoms with Crippen molar-refractivity contribution in [3.05, 3.63) is 28.2 Å². The van der Waals surface area contributed by atoms with Gasteiger partial charge in [-0.2, -0.15) is 0 Å². The van der Waals surface area contributed by atoms with Crippen LogP contribution in [0.15, 0.2) is 18.2 Å². The van der Waals surface area contributed by atoms with Gasteiger partial charge in [0, 0.05) is 12.1 Å². The SMILES string of the molecule is CCCCCCCC(=O)NC(Nc1ccc(Cl)c(Cl)c1)C(Cl)(Cl)Cl. The number of carbonyl (C=O) groups excluding carboxylic acids is 1. The van der Waals surface area contributed by atoms with Gasteiger partial charge in [0.25, 0.3) is 0 Å². The van der Waals surface area contributed by atoms with Crippen molar-refractivity contribution in [2.45, 2.75) is 55.4 Å². The van der Waals surface area contributed by atoms with Gasteiger partial charge in [0.05, 0.1) is 10.0 Å². The fraction of sp³-hybridized carbons (Fsp3) is 0.562. The van der Waals surface area contributed by atoms with Gasteiger partial charge in [-0.05, 0) is 24.6 Å². The zero-order valence-electron chi connectivity index (χ0n) is 13.4. The van der Waals surface area contributed by atoms with Crippen molar-refractivity contribution in [2.24, 2.45) is 0 Å². The molecule has 0 heterocycles. The average molecular weight is 435 g/mol. The third-order valence-electron chi connectivity index (χ3n) is 3.37. The minimum atomic E-state index is -1.72. The lowest BCUT2D eigenvalue weighted by Gasteiger charge is -2.27. The summed E-state index contributed by atoms with van der Waals surface area (Å²) in [5.74, 6) is -0.171. The van der Waals surface area contributed by atoms with Crippen molar-refractivity contribution in [2.75, 3.05) is 5.32 Å².